The van der Waals surface area contributed by atoms with E-state index in [1.807, 2.05) is 13.8 Å². The van der Waals surface area contributed by atoms with Crippen LogP contribution in [0.25, 0.3) is 0 Å². The van der Waals surface area contributed by atoms with Crippen LogP contribution < -0.4 is 4.72 Å². The van der Waals surface area contributed by atoms with Crippen molar-refractivity contribution in [2.24, 2.45) is 5.92 Å². The van der Waals surface area contributed by atoms with Gasteiger partial charge < -0.3 is 5.11 Å². The van der Waals surface area contributed by atoms with E-state index in [4.69, 9.17) is 11.6 Å². The van der Waals surface area contributed by atoms with E-state index in [1.54, 1.807) is 6.92 Å². The summed E-state index contributed by atoms with van der Waals surface area (Å²) in [6.45, 7) is 5.38. The van der Waals surface area contributed by atoms with Gasteiger partial charge in [-0.1, -0.05) is 31.9 Å². The maximum Gasteiger partial charge on any atom is 0.242 e. The highest BCUT2D eigenvalue weighted by atomic mass is 35.5. The number of sulfonamides is 1. The zero-order valence-corrected chi connectivity index (χ0v) is 12.8. The van der Waals surface area contributed by atoms with Crippen LogP contribution in [0.1, 0.15) is 27.2 Å². The van der Waals surface area contributed by atoms with Gasteiger partial charge in [0.05, 0.1) is 5.60 Å². The third-order valence-corrected chi connectivity index (χ3v) is 4.91. The van der Waals surface area contributed by atoms with Crippen LogP contribution in [-0.4, -0.2) is 30.7 Å². The topological polar surface area (TPSA) is 79.3 Å². The van der Waals surface area contributed by atoms with Crippen LogP contribution in [0, 0.1) is 5.92 Å². The third-order valence-electron chi connectivity index (χ3n) is 3.30. The van der Waals surface area contributed by atoms with Gasteiger partial charge in [0, 0.05) is 12.7 Å². The molecule has 0 saturated heterocycles. The number of hydrogen-bond donors (Lipinski definition) is 2. The van der Waals surface area contributed by atoms with E-state index in [9.17, 15) is 13.5 Å². The van der Waals surface area contributed by atoms with Crippen molar-refractivity contribution in [3.8, 4) is 0 Å². The van der Waals surface area contributed by atoms with Crippen molar-refractivity contribution in [1.82, 2.24) is 9.71 Å². The van der Waals surface area contributed by atoms with Gasteiger partial charge in [0.15, 0.2) is 0 Å². The molecule has 1 rings (SSSR count). The van der Waals surface area contributed by atoms with Gasteiger partial charge in [0.25, 0.3) is 0 Å². The van der Waals surface area contributed by atoms with Gasteiger partial charge in [-0.2, -0.15) is 0 Å². The number of hydrogen-bond acceptors (Lipinski definition) is 4. The molecular weight excluding hydrogens is 288 g/mol. The van der Waals surface area contributed by atoms with Crippen LogP contribution in [-0.2, 0) is 10.0 Å². The fourth-order valence-electron chi connectivity index (χ4n) is 1.46. The zero-order chi connectivity index (χ0) is 14.7. The molecular formula is C12H19ClN2O3S. The van der Waals surface area contributed by atoms with Gasteiger partial charge in [-0.25, -0.2) is 18.1 Å². The third kappa shape index (κ3) is 4.42. The predicted molar refractivity (Wildman–Crippen MR) is 74.5 cm³/mol. The molecule has 2 unspecified atom stereocenters. The van der Waals surface area contributed by atoms with Crippen molar-refractivity contribution in [1.29, 1.82) is 0 Å². The minimum atomic E-state index is -3.68. The summed E-state index contributed by atoms with van der Waals surface area (Å²) in [4.78, 5) is 3.75. The van der Waals surface area contributed by atoms with Crippen LogP contribution in [0.5, 0.6) is 0 Å². The van der Waals surface area contributed by atoms with Crippen molar-refractivity contribution in [2.45, 2.75) is 37.7 Å². The maximum absolute atomic E-state index is 12.0. The Morgan fingerprint density at radius 3 is 2.63 bits per heavy atom. The molecule has 0 saturated carbocycles. The lowest BCUT2D eigenvalue weighted by Crippen LogP contribution is -2.45. The Bertz CT molecular complexity index is 514. The standard InChI is InChI=1S/C12H19ClN2O3S/c1-4-9(2)12(3,16)8-15-19(17,18)10-5-6-11(13)14-7-10/h5-7,9,15-16H,4,8H2,1-3H3. The molecule has 2 N–H and O–H groups in total. The molecule has 5 nitrogen and oxygen atoms in total. The Labute approximate surface area is 119 Å². The molecule has 1 aromatic heterocycles. The molecule has 0 bridgehead atoms. The molecule has 108 valence electrons. The molecule has 0 radical (unpaired) electrons. The lowest BCUT2D eigenvalue weighted by molar-refractivity contribution is 0.0102. The average Bonchev–Trinajstić information content (AvgIpc) is 2.36. The normalized spacial score (nSPS) is 16.9. The van der Waals surface area contributed by atoms with Crippen molar-refractivity contribution < 1.29 is 13.5 Å². The quantitative estimate of drug-likeness (QED) is 0.786. The number of rotatable bonds is 6. The van der Waals surface area contributed by atoms with Gasteiger partial charge in [-0.05, 0) is 25.0 Å². The zero-order valence-electron chi connectivity index (χ0n) is 11.2. The molecule has 7 heteroatoms. The molecule has 0 aliphatic carbocycles. The lowest BCUT2D eigenvalue weighted by atomic mass is 9.89. The highest BCUT2D eigenvalue weighted by Gasteiger charge is 2.29. The van der Waals surface area contributed by atoms with Crippen LogP contribution >= 0.6 is 11.6 Å². The Kier molecular flexibility index (Phi) is 5.32. The second-order valence-electron chi connectivity index (χ2n) is 4.81. The Morgan fingerprint density at radius 1 is 1.53 bits per heavy atom. The number of pyridine rings is 1. The second kappa shape index (κ2) is 6.17. The highest BCUT2D eigenvalue weighted by Crippen LogP contribution is 2.20. The Balaban J connectivity index is 2.79. The minimum absolute atomic E-state index is 0.0152. The monoisotopic (exact) mass is 306 g/mol. The van der Waals surface area contributed by atoms with E-state index in [0.29, 0.717) is 0 Å². The first-order valence-electron chi connectivity index (χ1n) is 6.02. The van der Waals surface area contributed by atoms with E-state index in [0.717, 1.165) is 6.42 Å². The first-order valence-corrected chi connectivity index (χ1v) is 7.88. The highest BCUT2D eigenvalue weighted by molar-refractivity contribution is 7.89. The van der Waals surface area contributed by atoms with Crippen molar-refractivity contribution in [3.05, 3.63) is 23.5 Å². The smallest absolute Gasteiger partial charge is 0.242 e. The van der Waals surface area contributed by atoms with Gasteiger partial charge in [-0.3, -0.25) is 0 Å². The van der Waals surface area contributed by atoms with Crippen LogP contribution in [0.15, 0.2) is 23.2 Å². The van der Waals surface area contributed by atoms with Crippen LogP contribution in [0.3, 0.4) is 0 Å². The number of halogens is 1. The molecule has 0 aliphatic heterocycles. The fraction of sp³-hybridized carbons (Fsp3) is 0.583. The van der Waals surface area contributed by atoms with E-state index < -0.39 is 15.6 Å². The van der Waals surface area contributed by atoms with Gasteiger partial charge in [0.2, 0.25) is 10.0 Å². The first-order chi connectivity index (χ1) is 8.69. The summed E-state index contributed by atoms with van der Waals surface area (Å²) in [5.74, 6) is -0.0152. The summed E-state index contributed by atoms with van der Waals surface area (Å²) in [6.07, 6.45) is 1.94. The summed E-state index contributed by atoms with van der Waals surface area (Å²) in [5.41, 5.74) is -1.10. The summed E-state index contributed by atoms with van der Waals surface area (Å²) in [5, 5.41) is 10.4. The number of nitrogens with zero attached hydrogens (tertiary/aromatic N) is 1. The summed E-state index contributed by atoms with van der Waals surface area (Å²) < 4.78 is 26.4. The fourth-order valence-corrected chi connectivity index (χ4v) is 2.66. The molecule has 19 heavy (non-hydrogen) atoms. The van der Waals surface area contributed by atoms with E-state index in [-0.39, 0.29) is 22.5 Å². The molecule has 0 aliphatic rings. The first kappa shape index (κ1) is 16.4. The van der Waals surface area contributed by atoms with Crippen LogP contribution in [0.2, 0.25) is 5.15 Å². The van der Waals surface area contributed by atoms with Gasteiger partial charge in [-0.15, -0.1) is 0 Å². The van der Waals surface area contributed by atoms with E-state index in [1.165, 1.54) is 18.3 Å². The maximum atomic E-state index is 12.0. The average molecular weight is 307 g/mol. The van der Waals surface area contributed by atoms with Crippen molar-refractivity contribution in [3.63, 3.8) is 0 Å². The molecule has 0 fully saturated rings. The second-order valence-corrected chi connectivity index (χ2v) is 6.96. The Morgan fingerprint density at radius 2 is 2.16 bits per heavy atom. The molecule has 1 aromatic rings. The number of nitrogens with one attached hydrogen (secondary N) is 1. The number of aliphatic hydroxyl groups is 1. The minimum Gasteiger partial charge on any atom is -0.389 e. The van der Waals surface area contributed by atoms with Crippen LogP contribution in [0.4, 0.5) is 0 Å². The molecule has 0 aromatic carbocycles. The Hall–Kier alpha value is -0.690. The van der Waals surface area contributed by atoms with E-state index >= 15 is 0 Å². The summed E-state index contributed by atoms with van der Waals surface area (Å²) >= 11 is 5.61. The molecule has 0 spiro atoms. The molecule has 0 amide bonds. The number of aromatic nitrogens is 1. The largest absolute Gasteiger partial charge is 0.389 e. The van der Waals surface area contributed by atoms with Gasteiger partial charge in [0.1, 0.15) is 10.0 Å². The SMILES string of the molecule is CCC(C)C(C)(O)CNS(=O)(=O)c1ccc(Cl)nc1. The molecule has 2 atom stereocenters. The summed E-state index contributed by atoms with van der Waals surface area (Å²) in [6, 6.07) is 2.78. The van der Waals surface area contributed by atoms with Crippen molar-refractivity contribution in [2.75, 3.05) is 6.54 Å². The van der Waals surface area contributed by atoms with Gasteiger partial charge >= 0.3 is 0 Å². The lowest BCUT2D eigenvalue weighted by Gasteiger charge is -2.29. The molecule has 1 heterocycles. The van der Waals surface area contributed by atoms with E-state index in [2.05, 4.69) is 9.71 Å². The van der Waals surface area contributed by atoms with Crippen molar-refractivity contribution >= 4 is 21.6 Å². The summed E-state index contributed by atoms with van der Waals surface area (Å²) in [7, 11) is -3.68. The predicted octanol–water partition coefficient (Wildman–Crippen LogP) is 1.81.